The van der Waals surface area contributed by atoms with E-state index in [1.807, 2.05) is 49.4 Å². The lowest BCUT2D eigenvalue weighted by molar-refractivity contribution is 1.43. The van der Waals surface area contributed by atoms with Crippen LogP contribution in [-0.4, -0.2) is 0 Å². The van der Waals surface area contributed by atoms with E-state index in [1.165, 1.54) is 0 Å². The van der Waals surface area contributed by atoms with Crippen LogP contribution in [0.15, 0.2) is 42.5 Å². The molecule has 0 saturated heterocycles. The summed E-state index contributed by atoms with van der Waals surface area (Å²) in [6, 6.07) is 13.4. The molecule has 82 valence electrons. The summed E-state index contributed by atoms with van der Waals surface area (Å²) < 4.78 is 0. The standard InChI is InChI=1S/C13H13ClN2/c1-9-7-11(15)5-6-13(9)16-12-4-2-3-10(14)8-12/h2-8,16H,15H2,1H3. The van der Waals surface area contributed by atoms with E-state index in [9.17, 15) is 0 Å². The molecule has 2 rings (SSSR count). The monoisotopic (exact) mass is 232 g/mol. The van der Waals surface area contributed by atoms with Crippen LogP contribution in [0.4, 0.5) is 17.1 Å². The van der Waals surface area contributed by atoms with Crippen molar-refractivity contribution in [3.8, 4) is 0 Å². The largest absolute Gasteiger partial charge is 0.399 e. The number of halogens is 1. The SMILES string of the molecule is Cc1cc(N)ccc1Nc1cccc(Cl)c1. The molecule has 2 aromatic rings. The van der Waals surface area contributed by atoms with Gasteiger partial charge in [0, 0.05) is 22.1 Å². The van der Waals surface area contributed by atoms with E-state index >= 15 is 0 Å². The van der Waals surface area contributed by atoms with Gasteiger partial charge in [-0.25, -0.2) is 0 Å². The summed E-state index contributed by atoms with van der Waals surface area (Å²) in [5.74, 6) is 0. The summed E-state index contributed by atoms with van der Waals surface area (Å²) in [6.07, 6.45) is 0. The zero-order valence-corrected chi connectivity index (χ0v) is 9.75. The Morgan fingerprint density at radius 3 is 2.62 bits per heavy atom. The average Bonchev–Trinajstić information content (AvgIpc) is 2.22. The molecule has 0 unspecified atom stereocenters. The van der Waals surface area contributed by atoms with E-state index in [0.717, 1.165) is 27.6 Å². The van der Waals surface area contributed by atoms with Gasteiger partial charge < -0.3 is 11.1 Å². The molecule has 2 nitrogen and oxygen atoms in total. The first-order chi connectivity index (χ1) is 7.65. The average molecular weight is 233 g/mol. The summed E-state index contributed by atoms with van der Waals surface area (Å²) in [4.78, 5) is 0. The Bertz CT molecular complexity index is 509. The zero-order valence-electron chi connectivity index (χ0n) is 9.00. The number of anilines is 3. The molecule has 0 aromatic heterocycles. The summed E-state index contributed by atoms with van der Waals surface area (Å²) in [6.45, 7) is 2.02. The molecule has 0 aliphatic rings. The van der Waals surface area contributed by atoms with Gasteiger partial charge in [0.25, 0.3) is 0 Å². The van der Waals surface area contributed by atoms with Gasteiger partial charge in [-0.15, -0.1) is 0 Å². The smallest absolute Gasteiger partial charge is 0.0426 e. The number of benzene rings is 2. The molecule has 2 aromatic carbocycles. The molecule has 16 heavy (non-hydrogen) atoms. The van der Waals surface area contributed by atoms with E-state index in [4.69, 9.17) is 17.3 Å². The van der Waals surface area contributed by atoms with Gasteiger partial charge in [-0.05, 0) is 48.9 Å². The zero-order chi connectivity index (χ0) is 11.5. The maximum absolute atomic E-state index is 5.92. The topological polar surface area (TPSA) is 38.0 Å². The van der Waals surface area contributed by atoms with Crippen molar-refractivity contribution < 1.29 is 0 Å². The molecule has 0 fully saturated rings. The van der Waals surface area contributed by atoms with Gasteiger partial charge in [-0.2, -0.15) is 0 Å². The molecule has 3 N–H and O–H groups in total. The quantitative estimate of drug-likeness (QED) is 0.769. The van der Waals surface area contributed by atoms with Crippen molar-refractivity contribution in [2.45, 2.75) is 6.92 Å². The molecule has 0 radical (unpaired) electrons. The second-order valence-electron chi connectivity index (χ2n) is 3.71. The predicted octanol–water partition coefficient (Wildman–Crippen LogP) is 3.97. The van der Waals surface area contributed by atoms with Crippen LogP contribution >= 0.6 is 11.6 Å². The fourth-order valence-corrected chi connectivity index (χ4v) is 1.74. The first-order valence-electron chi connectivity index (χ1n) is 5.04. The summed E-state index contributed by atoms with van der Waals surface area (Å²) in [5, 5.41) is 4.02. The van der Waals surface area contributed by atoms with Crippen molar-refractivity contribution >= 4 is 28.7 Å². The van der Waals surface area contributed by atoms with Gasteiger partial charge in [-0.1, -0.05) is 17.7 Å². The van der Waals surface area contributed by atoms with Crippen LogP contribution in [-0.2, 0) is 0 Å². The minimum Gasteiger partial charge on any atom is -0.399 e. The molecule has 0 saturated carbocycles. The first-order valence-corrected chi connectivity index (χ1v) is 5.42. The maximum Gasteiger partial charge on any atom is 0.0426 e. The molecular formula is C13H13ClN2. The fraction of sp³-hybridized carbons (Fsp3) is 0.0769. The lowest BCUT2D eigenvalue weighted by Crippen LogP contribution is -1.94. The molecule has 3 heteroatoms. The molecule has 0 heterocycles. The number of hydrogen-bond acceptors (Lipinski definition) is 2. The molecule has 0 aliphatic heterocycles. The van der Waals surface area contributed by atoms with Crippen LogP contribution in [0, 0.1) is 6.92 Å². The number of nitrogens with one attached hydrogen (secondary N) is 1. The third kappa shape index (κ3) is 2.47. The first kappa shape index (κ1) is 10.8. The van der Waals surface area contributed by atoms with Crippen LogP contribution < -0.4 is 11.1 Å². The highest BCUT2D eigenvalue weighted by Crippen LogP contribution is 2.23. The predicted molar refractivity (Wildman–Crippen MR) is 70.3 cm³/mol. The summed E-state index contributed by atoms with van der Waals surface area (Å²) in [5.41, 5.74) is 9.59. The van der Waals surface area contributed by atoms with Crippen molar-refractivity contribution in [1.29, 1.82) is 0 Å². The van der Waals surface area contributed by atoms with Gasteiger partial charge >= 0.3 is 0 Å². The summed E-state index contributed by atoms with van der Waals surface area (Å²) in [7, 11) is 0. The fourth-order valence-electron chi connectivity index (χ4n) is 1.55. The van der Waals surface area contributed by atoms with Crippen molar-refractivity contribution in [2.75, 3.05) is 11.1 Å². The Hall–Kier alpha value is -1.67. The van der Waals surface area contributed by atoms with E-state index in [0.29, 0.717) is 0 Å². The number of nitrogens with two attached hydrogens (primary N) is 1. The Balaban J connectivity index is 2.27. The van der Waals surface area contributed by atoms with Crippen LogP contribution in [0.1, 0.15) is 5.56 Å². The highest BCUT2D eigenvalue weighted by molar-refractivity contribution is 6.30. The molecule has 0 spiro atoms. The van der Waals surface area contributed by atoms with Crippen molar-refractivity contribution in [3.05, 3.63) is 53.1 Å². The van der Waals surface area contributed by atoms with Crippen LogP contribution in [0.5, 0.6) is 0 Å². The third-order valence-electron chi connectivity index (χ3n) is 2.35. The molecule has 0 bridgehead atoms. The molecule has 0 atom stereocenters. The van der Waals surface area contributed by atoms with Gasteiger partial charge in [-0.3, -0.25) is 0 Å². The normalized spacial score (nSPS) is 10.1. The Morgan fingerprint density at radius 1 is 1.12 bits per heavy atom. The molecule has 0 amide bonds. The highest BCUT2D eigenvalue weighted by atomic mass is 35.5. The van der Waals surface area contributed by atoms with Crippen molar-refractivity contribution in [1.82, 2.24) is 0 Å². The number of aryl methyl sites for hydroxylation is 1. The third-order valence-corrected chi connectivity index (χ3v) is 2.59. The van der Waals surface area contributed by atoms with Gasteiger partial charge in [0.15, 0.2) is 0 Å². The van der Waals surface area contributed by atoms with E-state index < -0.39 is 0 Å². The number of hydrogen-bond donors (Lipinski definition) is 2. The van der Waals surface area contributed by atoms with Gasteiger partial charge in [0.1, 0.15) is 0 Å². The Labute approximate surface area is 100 Å². The second-order valence-corrected chi connectivity index (χ2v) is 4.15. The van der Waals surface area contributed by atoms with E-state index in [2.05, 4.69) is 5.32 Å². The second kappa shape index (κ2) is 4.45. The lowest BCUT2D eigenvalue weighted by Gasteiger charge is -2.10. The highest BCUT2D eigenvalue weighted by Gasteiger charge is 1.99. The lowest BCUT2D eigenvalue weighted by atomic mass is 10.1. The van der Waals surface area contributed by atoms with Crippen LogP contribution in [0.25, 0.3) is 0 Å². The van der Waals surface area contributed by atoms with E-state index in [1.54, 1.807) is 0 Å². The van der Waals surface area contributed by atoms with Crippen LogP contribution in [0.2, 0.25) is 5.02 Å². The minimum absolute atomic E-state index is 0.720. The molecule has 0 aliphatic carbocycles. The number of nitrogen functional groups attached to an aromatic ring is 1. The molecular weight excluding hydrogens is 220 g/mol. The Kier molecular flexibility index (Phi) is 3.02. The Morgan fingerprint density at radius 2 is 1.94 bits per heavy atom. The minimum atomic E-state index is 0.720. The van der Waals surface area contributed by atoms with Gasteiger partial charge in [0.2, 0.25) is 0 Å². The van der Waals surface area contributed by atoms with Crippen molar-refractivity contribution in [3.63, 3.8) is 0 Å². The summed E-state index contributed by atoms with van der Waals surface area (Å²) >= 11 is 5.92. The van der Waals surface area contributed by atoms with Crippen LogP contribution in [0.3, 0.4) is 0 Å². The number of rotatable bonds is 2. The van der Waals surface area contributed by atoms with E-state index in [-0.39, 0.29) is 0 Å². The van der Waals surface area contributed by atoms with Gasteiger partial charge in [0.05, 0.1) is 0 Å². The van der Waals surface area contributed by atoms with Crippen molar-refractivity contribution in [2.24, 2.45) is 0 Å². The maximum atomic E-state index is 5.92.